The maximum absolute atomic E-state index is 14.0. The summed E-state index contributed by atoms with van der Waals surface area (Å²) in [6, 6.07) is 8.99. The number of likely N-dealkylation sites (N-methyl/N-ethyl adjacent to an activating group) is 1. The first-order valence-corrected chi connectivity index (χ1v) is 19.9. The van der Waals surface area contributed by atoms with Gasteiger partial charge in [-0.25, -0.2) is 4.98 Å². The van der Waals surface area contributed by atoms with Gasteiger partial charge in [0.2, 0.25) is 11.8 Å². The van der Waals surface area contributed by atoms with Gasteiger partial charge in [-0.1, -0.05) is 84.7 Å². The number of aromatic nitrogens is 1. The second-order valence-corrected chi connectivity index (χ2v) is 15.9. The third-order valence-corrected chi connectivity index (χ3v) is 11.1. The average molecular weight is 726 g/mol. The first-order valence-electron chi connectivity index (χ1n) is 19.0. The predicted molar refractivity (Wildman–Crippen MR) is 205 cm³/mol. The van der Waals surface area contributed by atoms with Crippen LogP contribution in [-0.2, 0) is 32.0 Å². The number of nitrogens with zero attached hydrogens (tertiary/aromatic N) is 3. The number of thiazole rings is 1. The lowest BCUT2D eigenvalue weighted by Crippen LogP contribution is -2.58. The Morgan fingerprint density at radius 2 is 1.73 bits per heavy atom. The van der Waals surface area contributed by atoms with Gasteiger partial charge in [-0.3, -0.25) is 24.1 Å². The van der Waals surface area contributed by atoms with Crippen molar-refractivity contribution in [2.24, 2.45) is 17.8 Å². The highest BCUT2D eigenvalue weighted by molar-refractivity contribution is 7.09. The lowest BCUT2D eigenvalue weighted by Gasteiger charge is -2.38. The fourth-order valence-corrected chi connectivity index (χ4v) is 7.85. The van der Waals surface area contributed by atoms with E-state index in [1.54, 1.807) is 5.38 Å². The number of nitrogens with one attached hydrogen (secondary N) is 2. The van der Waals surface area contributed by atoms with Crippen molar-refractivity contribution in [1.82, 2.24) is 25.4 Å². The molecule has 1 aliphatic rings. The van der Waals surface area contributed by atoms with Crippen molar-refractivity contribution in [3.05, 3.63) is 52.0 Å². The molecular formula is C40H63N5O5S. The van der Waals surface area contributed by atoms with Crippen molar-refractivity contribution in [3.8, 4) is 0 Å². The number of hydrogen-bond donors (Lipinski definition) is 2. The number of likely N-dealkylation sites (tertiary alicyclic amines) is 1. The van der Waals surface area contributed by atoms with Crippen molar-refractivity contribution in [3.63, 3.8) is 0 Å². The van der Waals surface area contributed by atoms with Gasteiger partial charge in [0.05, 0.1) is 24.1 Å². The third kappa shape index (κ3) is 13.0. The zero-order valence-corrected chi connectivity index (χ0v) is 33.1. The number of amides is 3. The van der Waals surface area contributed by atoms with Crippen LogP contribution >= 0.6 is 11.3 Å². The number of hydrogen-bond acceptors (Lipinski definition) is 8. The number of ether oxygens (including phenoxy) is 1. The first kappa shape index (κ1) is 42.1. The second-order valence-electron chi connectivity index (χ2n) is 14.9. The Morgan fingerprint density at radius 3 is 2.37 bits per heavy atom. The number of piperidine rings is 1. The molecule has 2 aromatic rings. The van der Waals surface area contributed by atoms with E-state index < -0.39 is 6.04 Å². The van der Waals surface area contributed by atoms with Gasteiger partial charge in [0, 0.05) is 30.9 Å². The molecular weight excluding hydrogens is 663 g/mol. The molecule has 3 amide bonds. The van der Waals surface area contributed by atoms with Crippen LogP contribution in [0.1, 0.15) is 114 Å². The number of carbonyl (C=O) groups excluding carboxylic acids is 4. The van der Waals surface area contributed by atoms with Crippen LogP contribution in [-0.4, -0.2) is 89.9 Å². The Hall–Kier alpha value is -3.31. The van der Waals surface area contributed by atoms with E-state index in [9.17, 15) is 19.2 Å². The summed E-state index contributed by atoms with van der Waals surface area (Å²) in [4.78, 5) is 61.9. The van der Waals surface area contributed by atoms with E-state index in [0.717, 1.165) is 56.6 Å². The highest BCUT2D eigenvalue weighted by atomic mass is 32.1. The van der Waals surface area contributed by atoms with Crippen LogP contribution in [0.25, 0.3) is 0 Å². The molecule has 0 aliphatic carbocycles. The molecule has 1 fully saturated rings. The summed E-state index contributed by atoms with van der Waals surface area (Å²) >= 11 is 1.44. The van der Waals surface area contributed by atoms with Gasteiger partial charge in [-0.15, -0.1) is 11.3 Å². The van der Waals surface area contributed by atoms with E-state index in [1.807, 2.05) is 50.9 Å². The summed E-state index contributed by atoms with van der Waals surface area (Å²) in [5.41, 5.74) is 1.52. The van der Waals surface area contributed by atoms with Crippen molar-refractivity contribution in [2.75, 3.05) is 27.2 Å². The van der Waals surface area contributed by atoms with Crippen LogP contribution in [0.4, 0.5) is 0 Å². The van der Waals surface area contributed by atoms with Crippen molar-refractivity contribution in [1.29, 1.82) is 0 Å². The fraction of sp³-hybridized carbons (Fsp3) is 0.675. The Labute approximate surface area is 310 Å². The largest absolute Gasteiger partial charge is 0.469 e. The Balaban J connectivity index is 1.63. The van der Waals surface area contributed by atoms with E-state index in [2.05, 4.69) is 53.4 Å². The van der Waals surface area contributed by atoms with Gasteiger partial charge < -0.3 is 20.3 Å². The maximum Gasteiger partial charge on any atom is 0.308 e. The highest BCUT2D eigenvalue weighted by Crippen LogP contribution is 2.23. The number of methoxy groups -OCH3 is 1. The van der Waals surface area contributed by atoms with Crippen molar-refractivity contribution in [2.45, 2.75) is 130 Å². The fourth-order valence-electron chi connectivity index (χ4n) is 7.06. The second kappa shape index (κ2) is 21.3. The lowest BCUT2D eigenvalue weighted by molar-refractivity contribution is -0.145. The van der Waals surface area contributed by atoms with Crippen LogP contribution < -0.4 is 10.6 Å². The summed E-state index contributed by atoms with van der Waals surface area (Å²) in [7, 11) is 3.22. The van der Waals surface area contributed by atoms with Crippen LogP contribution in [0.2, 0.25) is 0 Å². The lowest BCUT2D eigenvalue weighted by atomic mass is 9.94. The normalized spacial score (nSPS) is 17.4. The Kier molecular flexibility index (Phi) is 17.6. The molecule has 284 valence electrons. The molecule has 51 heavy (non-hydrogen) atoms. The van der Waals surface area contributed by atoms with Crippen LogP contribution in [0.5, 0.6) is 0 Å². The molecule has 0 unspecified atom stereocenters. The molecule has 0 saturated carbocycles. The van der Waals surface area contributed by atoms with E-state index >= 15 is 0 Å². The molecule has 11 heteroatoms. The molecule has 1 aromatic heterocycles. The van der Waals surface area contributed by atoms with Gasteiger partial charge >= 0.3 is 5.97 Å². The first-order chi connectivity index (χ1) is 24.4. The number of aryl methyl sites for hydroxylation is 2. The summed E-state index contributed by atoms with van der Waals surface area (Å²) in [5.74, 6) is -0.911. The molecule has 10 nitrogen and oxygen atoms in total. The molecule has 0 spiro atoms. The monoisotopic (exact) mass is 725 g/mol. The molecule has 1 aliphatic heterocycles. The molecule has 2 heterocycles. The van der Waals surface area contributed by atoms with Gasteiger partial charge in [-0.05, 0) is 75.4 Å². The maximum atomic E-state index is 14.0. The Morgan fingerprint density at radius 1 is 1.00 bits per heavy atom. The average Bonchev–Trinajstić information content (AvgIpc) is 3.60. The Bertz CT molecular complexity index is 1380. The highest BCUT2D eigenvalue weighted by Gasteiger charge is 2.35. The standard InChI is InChI=1S/C40H63N5O5S/c1-9-10-23-45-24-15-14-18-34(45)38(47)43-36(28(4)5)39(48)44(7)33(27(2)3)21-22-35-42-32(26-51-35)37(46)41-31(25-29(6)40(49)50-8)20-19-30-16-12-11-13-17-30/h11-13,16-17,26-29,31,33-34,36H,9-10,14-15,18-25H2,1-8H3,(H,41,46)(H,43,47)/t29-,31-,33+,34+,36-/m0/s1. The minimum Gasteiger partial charge on any atom is -0.469 e. The minimum absolute atomic E-state index is 0.0389. The number of rotatable bonds is 20. The number of benzene rings is 1. The topological polar surface area (TPSA) is 121 Å². The molecule has 2 N–H and O–H groups in total. The van der Waals surface area contributed by atoms with Crippen molar-refractivity contribution < 1.29 is 23.9 Å². The summed E-state index contributed by atoms with van der Waals surface area (Å²) in [5, 5.41) is 8.89. The number of carbonyl (C=O) groups is 4. The van der Waals surface area contributed by atoms with Crippen molar-refractivity contribution >= 4 is 35.0 Å². The van der Waals surface area contributed by atoms with Gasteiger partial charge in [-0.2, -0.15) is 0 Å². The molecule has 1 saturated heterocycles. The summed E-state index contributed by atoms with van der Waals surface area (Å²) < 4.78 is 4.94. The SMILES string of the molecule is CCCCN1CCCC[C@@H]1C(=O)N[C@H](C(=O)N(C)[C@H](CCc1nc(C(=O)N[C@@H](CCc2ccccc2)C[C@H](C)C(=O)OC)cs1)C(C)C)C(C)C. The zero-order valence-electron chi connectivity index (χ0n) is 32.3. The van der Waals surface area contributed by atoms with Gasteiger partial charge in [0.15, 0.2) is 0 Å². The quantitative estimate of drug-likeness (QED) is 0.154. The number of unbranched alkanes of at least 4 members (excludes halogenated alkanes) is 1. The van der Waals surface area contributed by atoms with Gasteiger partial charge in [0.25, 0.3) is 5.91 Å². The summed E-state index contributed by atoms with van der Waals surface area (Å²) in [6.45, 7) is 14.0. The van der Waals surface area contributed by atoms with Gasteiger partial charge in [0.1, 0.15) is 11.7 Å². The molecule has 1 aromatic carbocycles. The van der Waals surface area contributed by atoms with E-state index in [-0.39, 0.29) is 59.6 Å². The zero-order chi connectivity index (χ0) is 37.5. The van der Waals surface area contributed by atoms with E-state index in [0.29, 0.717) is 31.4 Å². The number of esters is 1. The van der Waals surface area contributed by atoms with Crippen LogP contribution in [0, 0.1) is 17.8 Å². The molecule has 5 atom stereocenters. The van der Waals surface area contributed by atoms with Crippen LogP contribution in [0.15, 0.2) is 35.7 Å². The van der Waals surface area contributed by atoms with E-state index in [4.69, 9.17) is 4.74 Å². The van der Waals surface area contributed by atoms with E-state index in [1.165, 1.54) is 24.0 Å². The third-order valence-electron chi connectivity index (χ3n) is 10.2. The molecule has 0 bridgehead atoms. The summed E-state index contributed by atoms with van der Waals surface area (Å²) in [6.07, 6.45) is 8.32. The smallest absolute Gasteiger partial charge is 0.308 e. The molecule has 0 radical (unpaired) electrons. The van der Waals surface area contributed by atoms with Crippen LogP contribution in [0.3, 0.4) is 0 Å². The minimum atomic E-state index is -0.606. The predicted octanol–water partition coefficient (Wildman–Crippen LogP) is 6.28. The molecule has 3 rings (SSSR count).